The number of thioether (sulfide) groups is 1. The van der Waals surface area contributed by atoms with Crippen molar-refractivity contribution in [1.29, 1.82) is 0 Å². The van der Waals surface area contributed by atoms with Gasteiger partial charge < -0.3 is 10.1 Å². The minimum atomic E-state index is -0.463. The summed E-state index contributed by atoms with van der Waals surface area (Å²) in [6.45, 7) is 5.57. The van der Waals surface area contributed by atoms with Gasteiger partial charge in [0.2, 0.25) is 5.91 Å². The number of hydrogen-bond acceptors (Lipinski definition) is 7. The first kappa shape index (κ1) is 20.1. The monoisotopic (exact) mass is 415 g/mol. The second-order valence-electron chi connectivity index (χ2n) is 7.35. The van der Waals surface area contributed by atoms with Gasteiger partial charge in [0.25, 0.3) is 0 Å². The molecule has 0 spiro atoms. The minimum Gasteiger partial charge on any atom is -0.379 e. The molecular formula is C20H25N5O3S. The number of hydrogen-bond donors (Lipinski definition) is 2. The number of rotatable bonds is 6. The Hall–Kier alpha value is -2.23. The van der Waals surface area contributed by atoms with E-state index in [4.69, 9.17) is 14.7 Å². The van der Waals surface area contributed by atoms with Crippen LogP contribution in [0, 0.1) is 0 Å². The summed E-state index contributed by atoms with van der Waals surface area (Å²) < 4.78 is 5.41. The zero-order valence-corrected chi connectivity index (χ0v) is 17.2. The van der Waals surface area contributed by atoms with Crippen LogP contribution >= 0.6 is 11.8 Å². The van der Waals surface area contributed by atoms with Crippen LogP contribution in [0.4, 0.5) is 4.79 Å². The molecule has 1 aromatic carbocycles. The van der Waals surface area contributed by atoms with Crippen LogP contribution in [0.3, 0.4) is 0 Å². The average Bonchev–Trinajstić information content (AvgIpc) is 3.52. The zero-order chi connectivity index (χ0) is 20.2. The Morgan fingerprint density at radius 3 is 2.76 bits per heavy atom. The van der Waals surface area contributed by atoms with Gasteiger partial charge in [-0.3, -0.25) is 15.0 Å². The molecule has 9 heteroatoms. The molecule has 2 N–H and O–H groups in total. The van der Waals surface area contributed by atoms with E-state index in [-0.39, 0.29) is 11.9 Å². The molecule has 2 aliphatic rings. The number of nitrogens with one attached hydrogen (secondary N) is 2. The maximum atomic E-state index is 12.4. The van der Waals surface area contributed by atoms with Gasteiger partial charge in [0.15, 0.2) is 0 Å². The highest BCUT2D eigenvalue weighted by Gasteiger charge is 2.25. The highest BCUT2D eigenvalue weighted by atomic mass is 32.2. The Bertz CT molecular complexity index is 899. The van der Waals surface area contributed by atoms with E-state index in [0.29, 0.717) is 6.54 Å². The highest BCUT2D eigenvalue weighted by Crippen LogP contribution is 2.29. The van der Waals surface area contributed by atoms with E-state index in [1.807, 2.05) is 24.3 Å². The van der Waals surface area contributed by atoms with Crippen LogP contribution in [-0.2, 0) is 16.1 Å². The van der Waals surface area contributed by atoms with Crippen molar-refractivity contribution >= 4 is 34.6 Å². The normalized spacial score (nSPS) is 18.4. The van der Waals surface area contributed by atoms with Crippen molar-refractivity contribution in [3.05, 3.63) is 30.1 Å². The number of para-hydroxylation sites is 1. The predicted octanol–water partition coefficient (Wildman–Crippen LogP) is 1.93. The number of morpholine rings is 1. The van der Waals surface area contributed by atoms with Gasteiger partial charge in [-0.15, -0.1) is 0 Å². The fraction of sp³-hybridized carbons (Fsp3) is 0.500. The molecule has 4 rings (SSSR count). The summed E-state index contributed by atoms with van der Waals surface area (Å²) in [6.07, 6.45) is 1.95. The number of carbonyl (C=O) groups excluding carboxylic acids is 2. The van der Waals surface area contributed by atoms with E-state index < -0.39 is 11.3 Å². The van der Waals surface area contributed by atoms with Crippen LogP contribution in [0.15, 0.2) is 29.3 Å². The van der Waals surface area contributed by atoms with Crippen molar-refractivity contribution in [2.24, 2.45) is 0 Å². The summed E-state index contributed by atoms with van der Waals surface area (Å²) in [4.78, 5) is 36.0. The second-order valence-corrected chi connectivity index (χ2v) is 8.68. The van der Waals surface area contributed by atoms with E-state index >= 15 is 0 Å². The van der Waals surface area contributed by atoms with Crippen molar-refractivity contribution in [2.45, 2.75) is 42.6 Å². The molecule has 1 saturated heterocycles. The molecule has 2 fully saturated rings. The molecular weight excluding hydrogens is 390 g/mol. The third-order valence-corrected chi connectivity index (χ3v) is 5.99. The number of amides is 3. The van der Waals surface area contributed by atoms with Gasteiger partial charge in [-0.05, 0) is 25.8 Å². The number of carbonyl (C=O) groups is 2. The Kier molecular flexibility index (Phi) is 6.27. The molecule has 2 aromatic rings. The van der Waals surface area contributed by atoms with Gasteiger partial charge in [0, 0.05) is 24.5 Å². The van der Waals surface area contributed by atoms with Gasteiger partial charge in [-0.2, -0.15) is 0 Å². The molecule has 0 unspecified atom stereocenters. The van der Waals surface area contributed by atoms with E-state index in [2.05, 4.69) is 15.5 Å². The van der Waals surface area contributed by atoms with Crippen molar-refractivity contribution in [1.82, 2.24) is 25.5 Å². The van der Waals surface area contributed by atoms with Crippen LogP contribution < -0.4 is 10.6 Å². The lowest BCUT2D eigenvalue weighted by atomic mass is 10.2. The van der Waals surface area contributed by atoms with E-state index in [1.165, 1.54) is 11.8 Å². The van der Waals surface area contributed by atoms with Crippen LogP contribution in [0.5, 0.6) is 0 Å². The quantitative estimate of drug-likeness (QED) is 0.550. The molecule has 1 saturated carbocycles. The fourth-order valence-electron chi connectivity index (χ4n) is 3.10. The lowest BCUT2D eigenvalue weighted by Crippen LogP contribution is -2.43. The average molecular weight is 416 g/mol. The van der Waals surface area contributed by atoms with Crippen molar-refractivity contribution in [3.8, 4) is 0 Å². The molecule has 1 atom stereocenters. The van der Waals surface area contributed by atoms with Crippen LogP contribution in [0.25, 0.3) is 10.9 Å². The summed E-state index contributed by atoms with van der Waals surface area (Å²) in [5.74, 6) is 0.401. The van der Waals surface area contributed by atoms with E-state index in [9.17, 15) is 9.59 Å². The number of benzene rings is 1. The summed E-state index contributed by atoms with van der Waals surface area (Å²) in [7, 11) is 0. The van der Waals surface area contributed by atoms with Gasteiger partial charge in [-0.1, -0.05) is 30.0 Å². The number of ether oxygens (including phenoxy) is 1. The largest absolute Gasteiger partial charge is 0.379 e. The lowest BCUT2D eigenvalue weighted by Gasteiger charge is -2.26. The standard InChI is InChI=1S/C20H25N5O3S/c1-13(18(26)24-20(27)21-14-6-7-14)29-19-15-4-2-3-5-16(15)22-17(23-19)12-25-8-10-28-11-9-25/h2-5,13-14H,6-12H2,1H3,(H2,21,24,26,27)/t13-/m1/s1. The molecule has 2 heterocycles. The summed E-state index contributed by atoms with van der Waals surface area (Å²) >= 11 is 1.35. The Balaban J connectivity index is 1.48. The molecule has 29 heavy (non-hydrogen) atoms. The van der Waals surface area contributed by atoms with Gasteiger partial charge in [-0.25, -0.2) is 14.8 Å². The smallest absolute Gasteiger partial charge is 0.321 e. The molecule has 1 aliphatic carbocycles. The first-order valence-electron chi connectivity index (χ1n) is 9.92. The van der Waals surface area contributed by atoms with Crippen molar-refractivity contribution in [2.75, 3.05) is 26.3 Å². The fourth-order valence-corrected chi connectivity index (χ4v) is 4.06. The zero-order valence-electron chi connectivity index (χ0n) is 16.4. The van der Waals surface area contributed by atoms with Crippen LogP contribution in [0.2, 0.25) is 0 Å². The second kappa shape index (κ2) is 9.06. The first-order valence-corrected chi connectivity index (χ1v) is 10.8. The minimum absolute atomic E-state index is 0.208. The summed E-state index contributed by atoms with van der Waals surface area (Å²) in [6, 6.07) is 7.58. The van der Waals surface area contributed by atoms with Gasteiger partial charge in [0.05, 0.1) is 30.5 Å². The molecule has 0 radical (unpaired) electrons. The molecule has 154 valence electrons. The maximum absolute atomic E-state index is 12.4. The van der Waals surface area contributed by atoms with Crippen LogP contribution in [0.1, 0.15) is 25.6 Å². The molecule has 1 aliphatic heterocycles. The van der Waals surface area contributed by atoms with Crippen molar-refractivity contribution in [3.63, 3.8) is 0 Å². The molecule has 3 amide bonds. The number of fused-ring (bicyclic) bond motifs is 1. The van der Waals surface area contributed by atoms with E-state index in [0.717, 1.165) is 60.9 Å². The topological polar surface area (TPSA) is 96.4 Å². The SMILES string of the molecule is C[C@@H](Sc1nc(CN2CCOCC2)nc2ccccc12)C(=O)NC(=O)NC1CC1. The Morgan fingerprint density at radius 1 is 1.24 bits per heavy atom. The first-order chi connectivity index (χ1) is 14.1. The predicted molar refractivity (Wildman–Crippen MR) is 111 cm³/mol. The Labute approximate surface area is 173 Å². The number of aromatic nitrogens is 2. The number of urea groups is 1. The lowest BCUT2D eigenvalue weighted by molar-refractivity contribution is -0.119. The molecule has 0 bridgehead atoms. The highest BCUT2D eigenvalue weighted by molar-refractivity contribution is 8.00. The van der Waals surface area contributed by atoms with Crippen LogP contribution in [-0.4, -0.2) is 64.4 Å². The third kappa shape index (κ3) is 5.43. The van der Waals surface area contributed by atoms with Gasteiger partial charge >= 0.3 is 6.03 Å². The van der Waals surface area contributed by atoms with Crippen molar-refractivity contribution < 1.29 is 14.3 Å². The number of imide groups is 1. The number of nitrogens with zero attached hydrogens (tertiary/aromatic N) is 3. The maximum Gasteiger partial charge on any atom is 0.321 e. The van der Waals surface area contributed by atoms with Gasteiger partial charge in [0.1, 0.15) is 10.9 Å². The third-order valence-electron chi connectivity index (χ3n) is 4.89. The summed E-state index contributed by atoms with van der Waals surface area (Å²) in [5.41, 5.74) is 0.854. The molecule has 1 aromatic heterocycles. The summed E-state index contributed by atoms with van der Waals surface area (Å²) in [5, 5.41) is 6.39. The Morgan fingerprint density at radius 2 is 2.00 bits per heavy atom. The molecule has 8 nitrogen and oxygen atoms in total. The van der Waals surface area contributed by atoms with E-state index in [1.54, 1.807) is 6.92 Å².